The zero-order chi connectivity index (χ0) is 15.5. The number of thioether (sulfide) groups is 1. The molecule has 3 aromatic rings. The summed E-state index contributed by atoms with van der Waals surface area (Å²) < 4.78 is 3.78. The Bertz CT molecular complexity index is 766. The maximum absolute atomic E-state index is 6.52. The lowest BCUT2D eigenvalue weighted by Crippen LogP contribution is -1.96. The van der Waals surface area contributed by atoms with E-state index in [1.165, 1.54) is 0 Å². The summed E-state index contributed by atoms with van der Waals surface area (Å²) in [4.78, 5) is 0. The standard InChI is InChI=1S/C15H16ClN5S/c1-3-20-10-17-18-15(20)22-9-13-11(2)19-21(14(13)16)12-7-5-4-6-8-12/h4-8,10H,3,9H2,1-2H3. The van der Waals surface area contributed by atoms with E-state index in [2.05, 4.69) is 22.2 Å². The van der Waals surface area contributed by atoms with Crippen molar-refractivity contribution in [1.29, 1.82) is 0 Å². The van der Waals surface area contributed by atoms with E-state index in [0.29, 0.717) is 5.15 Å². The van der Waals surface area contributed by atoms with Crippen LogP contribution >= 0.6 is 23.4 Å². The van der Waals surface area contributed by atoms with Crippen LogP contribution < -0.4 is 0 Å². The number of rotatable bonds is 5. The summed E-state index contributed by atoms with van der Waals surface area (Å²) in [6.07, 6.45) is 1.74. The fraction of sp³-hybridized carbons (Fsp3) is 0.267. The first kappa shape index (κ1) is 15.1. The predicted octanol–water partition coefficient (Wildman–Crippen LogP) is 3.74. The van der Waals surface area contributed by atoms with Crippen LogP contribution in [0.4, 0.5) is 0 Å². The molecule has 0 aliphatic rings. The number of hydrogen-bond acceptors (Lipinski definition) is 4. The minimum Gasteiger partial charge on any atom is -0.309 e. The quantitative estimate of drug-likeness (QED) is 0.667. The third kappa shape index (κ3) is 2.89. The molecule has 114 valence electrons. The second-order valence-electron chi connectivity index (χ2n) is 4.79. The van der Waals surface area contributed by atoms with Crippen LogP contribution in [0.5, 0.6) is 0 Å². The first-order chi connectivity index (χ1) is 10.7. The van der Waals surface area contributed by atoms with Crippen molar-refractivity contribution >= 4 is 23.4 Å². The first-order valence-corrected chi connectivity index (χ1v) is 8.37. The van der Waals surface area contributed by atoms with Crippen molar-refractivity contribution in [2.24, 2.45) is 0 Å². The summed E-state index contributed by atoms with van der Waals surface area (Å²) in [5.74, 6) is 0.718. The van der Waals surface area contributed by atoms with Crippen LogP contribution in [0.15, 0.2) is 41.8 Å². The Labute approximate surface area is 138 Å². The summed E-state index contributed by atoms with van der Waals surface area (Å²) in [6, 6.07) is 9.90. The van der Waals surface area contributed by atoms with E-state index in [1.54, 1.807) is 22.8 Å². The number of aromatic nitrogens is 5. The van der Waals surface area contributed by atoms with E-state index in [-0.39, 0.29) is 0 Å². The number of aryl methyl sites for hydroxylation is 2. The van der Waals surface area contributed by atoms with Gasteiger partial charge in [-0.3, -0.25) is 0 Å². The highest BCUT2D eigenvalue weighted by atomic mass is 35.5. The van der Waals surface area contributed by atoms with Crippen LogP contribution in [0.2, 0.25) is 5.15 Å². The number of benzene rings is 1. The third-order valence-electron chi connectivity index (χ3n) is 3.39. The van der Waals surface area contributed by atoms with Gasteiger partial charge in [0.05, 0.1) is 11.4 Å². The van der Waals surface area contributed by atoms with Crippen molar-refractivity contribution in [1.82, 2.24) is 24.5 Å². The number of para-hydroxylation sites is 1. The summed E-state index contributed by atoms with van der Waals surface area (Å²) in [5.41, 5.74) is 2.92. The molecule has 0 saturated heterocycles. The van der Waals surface area contributed by atoms with Gasteiger partial charge < -0.3 is 4.57 Å². The van der Waals surface area contributed by atoms with Crippen molar-refractivity contribution < 1.29 is 0 Å². The Morgan fingerprint density at radius 2 is 2.00 bits per heavy atom. The molecule has 3 rings (SSSR count). The second kappa shape index (κ2) is 6.54. The van der Waals surface area contributed by atoms with Gasteiger partial charge in [0.2, 0.25) is 0 Å². The van der Waals surface area contributed by atoms with Crippen LogP contribution in [0, 0.1) is 6.92 Å². The van der Waals surface area contributed by atoms with Gasteiger partial charge in [-0.25, -0.2) is 4.68 Å². The predicted molar refractivity (Wildman–Crippen MR) is 88.6 cm³/mol. The molecule has 1 aromatic carbocycles. The van der Waals surface area contributed by atoms with Gasteiger partial charge in [0.15, 0.2) is 5.16 Å². The number of nitrogens with zero attached hydrogens (tertiary/aromatic N) is 5. The molecular formula is C15H16ClN5S. The van der Waals surface area contributed by atoms with E-state index < -0.39 is 0 Å². The lowest BCUT2D eigenvalue weighted by molar-refractivity contribution is 0.681. The van der Waals surface area contributed by atoms with Crippen LogP contribution in [0.25, 0.3) is 5.69 Å². The van der Waals surface area contributed by atoms with Crippen LogP contribution in [-0.2, 0) is 12.3 Å². The Morgan fingerprint density at radius 3 is 2.73 bits per heavy atom. The fourth-order valence-corrected chi connectivity index (χ4v) is 3.63. The molecule has 0 aliphatic heterocycles. The third-order valence-corrected chi connectivity index (χ3v) is 4.78. The van der Waals surface area contributed by atoms with Gasteiger partial charge in [0.1, 0.15) is 11.5 Å². The molecule has 0 unspecified atom stereocenters. The molecule has 2 aromatic heterocycles. The monoisotopic (exact) mass is 333 g/mol. The molecule has 0 atom stereocenters. The topological polar surface area (TPSA) is 48.5 Å². The Hall–Kier alpha value is -1.79. The van der Waals surface area contributed by atoms with Gasteiger partial charge in [0, 0.05) is 17.9 Å². The van der Waals surface area contributed by atoms with Crippen molar-refractivity contribution in [2.45, 2.75) is 31.3 Å². The molecule has 22 heavy (non-hydrogen) atoms. The van der Waals surface area contributed by atoms with Crippen LogP contribution in [-0.4, -0.2) is 24.5 Å². The SMILES string of the molecule is CCn1cnnc1SCc1c(C)nn(-c2ccccc2)c1Cl. The van der Waals surface area contributed by atoms with Gasteiger partial charge in [-0.05, 0) is 26.0 Å². The summed E-state index contributed by atoms with van der Waals surface area (Å²) in [6.45, 7) is 4.90. The molecule has 0 aliphatic carbocycles. The normalized spacial score (nSPS) is 11.0. The highest BCUT2D eigenvalue weighted by molar-refractivity contribution is 7.98. The minimum atomic E-state index is 0.652. The van der Waals surface area contributed by atoms with Crippen molar-refractivity contribution in [2.75, 3.05) is 0 Å². The van der Waals surface area contributed by atoms with E-state index in [0.717, 1.165) is 34.4 Å². The molecular weight excluding hydrogens is 318 g/mol. The maximum atomic E-state index is 6.52. The lowest BCUT2D eigenvalue weighted by Gasteiger charge is -2.04. The summed E-state index contributed by atoms with van der Waals surface area (Å²) in [5, 5.41) is 14.2. The Morgan fingerprint density at radius 1 is 1.23 bits per heavy atom. The van der Waals surface area contributed by atoms with Crippen molar-refractivity contribution in [3.8, 4) is 5.69 Å². The lowest BCUT2D eigenvalue weighted by atomic mass is 10.3. The highest BCUT2D eigenvalue weighted by Crippen LogP contribution is 2.29. The van der Waals surface area contributed by atoms with Crippen LogP contribution in [0.3, 0.4) is 0 Å². The van der Waals surface area contributed by atoms with Crippen molar-refractivity contribution in [3.63, 3.8) is 0 Å². The fourth-order valence-electron chi connectivity index (χ4n) is 2.15. The zero-order valence-electron chi connectivity index (χ0n) is 12.4. The molecule has 0 bridgehead atoms. The average molecular weight is 334 g/mol. The summed E-state index contributed by atoms with van der Waals surface area (Å²) in [7, 11) is 0. The zero-order valence-corrected chi connectivity index (χ0v) is 14.0. The molecule has 2 heterocycles. The first-order valence-electron chi connectivity index (χ1n) is 7.00. The number of hydrogen-bond donors (Lipinski definition) is 0. The Balaban J connectivity index is 1.85. The van der Waals surface area contributed by atoms with Gasteiger partial charge in [-0.1, -0.05) is 41.6 Å². The van der Waals surface area contributed by atoms with Gasteiger partial charge >= 0.3 is 0 Å². The highest BCUT2D eigenvalue weighted by Gasteiger charge is 2.16. The molecule has 0 N–H and O–H groups in total. The average Bonchev–Trinajstić information content (AvgIpc) is 3.11. The van der Waals surface area contributed by atoms with E-state index in [9.17, 15) is 0 Å². The van der Waals surface area contributed by atoms with Gasteiger partial charge in [-0.15, -0.1) is 10.2 Å². The van der Waals surface area contributed by atoms with E-state index >= 15 is 0 Å². The van der Waals surface area contributed by atoms with E-state index in [1.807, 2.05) is 41.8 Å². The Kier molecular flexibility index (Phi) is 4.49. The van der Waals surface area contributed by atoms with Gasteiger partial charge in [-0.2, -0.15) is 5.10 Å². The smallest absolute Gasteiger partial charge is 0.191 e. The summed E-state index contributed by atoms with van der Waals surface area (Å²) >= 11 is 8.14. The molecule has 0 fully saturated rings. The second-order valence-corrected chi connectivity index (χ2v) is 6.09. The molecule has 0 saturated carbocycles. The van der Waals surface area contributed by atoms with Crippen LogP contribution in [0.1, 0.15) is 18.2 Å². The van der Waals surface area contributed by atoms with Crippen molar-refractivity contribution in [3.05, 3.63) is 53.1 Å². The maximum Gasteiger partial charge on any atom is 0.191 e. The minimum absolute atomic E-state index is 0.652. The number of halogens is 1. The largest absolute Gasteiger partial charge is 0.309 e. The molecule has 7 heteroatoms. The van der Waals surface area contributed by atoms with Gasteiger partial charge in [0.25, 0.3) is 0 Å². The molecule has 0 radical (unpaired) electrons. The van der Waals surface area contributed by atoms with E-state index in [4.69, 9.17) is 11.6 Å². The molecule has 0 amide bonds. The molecule has 5 nitrogen and oxygen atoms in total. The molecule has 0 spiro atoms.